The van der Waals surface area contributed by atoms with Gasteiger partial charge < -0.3 is 9.64 Å². The van der Waals surface area contributed by atoms with Crippen LogP contribution >= 0.6 is 12.6 Å². The van der Waals surface area contributed by atoms with Gasteiger partial charge in [-0.15, -0.1) is 0 Å². The summed E-state index contributed by atoms with van der Waals surface area (Å²) in [5, 5.41) is 0. The minimum Gasteiger partial charge on any atom is -0.482 e. The number of amides is 1. The Balaban J connectivity index is 2.25. The van der Waals surface area contributed by atoms with Crippen molar-refractivity contribution in [1.29, 1.82) is 0 Å². The van der Waals surface area contributed by atoms with E-state index in [0.29, 0.717) is 6.54 Å². The van der Waals surface area contributed by atoms with Crippen LogP contribution in [-0.2, 0) is 4.79 Å². The molecule has 80 valence electrons. The van der Waals surface area contributed by atoms with Gasteiger partial charge in [-0.25, -0.2) is 0 Å². The first kappa shape index (κ1) is 10.4. The van der Waals surface area contributed by atoms with Gasteiger partial charge in [-0.2, -0.15) is 12.6 Å². The van der Waals surface area contributed by atoms with Crippen LogP contribution in [-0.4, -0.2) is 24.8 Å². The largest absolute Gasteiger partial charge is 0.482 e. The first-order valence-corrected chi connectivity index (χ1v) is 5.59. The summed E-state index contributed by atoms with van der Waals surface area (Å²) in [6, 6.07) is 7.61. The molecule has 0 atom stereocenters. The van der Waals surface area contributed by atoms with Crippen molar-refractivity contribution in [2.24, 2.45) is 0 Å². The maximum absolute atomic E-state index is 11.6. The number of hydrogen-bond acceptors (Lipinski definition) is 3. The maximum Gasteiger partial charge on any atom is 0.265 e. The highest BCUT2D eigenvalue weighted by molar-refractivity contribution is 7.80. The van der Waals surface area contributed by atoms with Crippen molar-refractivity contribution in [2.75, 3.05) is 23.8 Å². The Kier molecular flexibility index (Phi) is 3.16. The van der Waals surface area contributed by atoms with Crippen LogP contribution in [0.2, 0.25) is 0 Å². The normalized spacial score (nSPS) is 14.7. The summed E-state index contributed by atoms with van der Waals surface area (Å²) in [4.78, 5) is 13.4. The summed E-state index contributed by atoms with van der Waals surface area (Å²) in [6.07, 6.45) is 0.892. The van der Waals surface area contributed by atoms with E-state index in [1.165, 1.54) is 0 Å². The fourth-order valence-corrected chi connectivity index (χ4v) is 1.77. The standard InChI is InChI=1S/C11H13NO2S/c13-11-8-14-10-5-2-1-4-9(10)12(11)6-3-7-15/h1-2,4-5,15H,3,6-8H2. The number of benzene rings is 1. The molecular formula is C11H13NO2S. The summed E-state index contributed by atoms with van der Waals surface area (Å²) in [6.45, 7) is 0.853. The third-order valence-electron chi connectivity index (χ3n) is 2.35. The lowest BCUT2D eigenvalue weighted by Gasteiger charge is -2.29. The van der Waals surface area contributed by atoms with Crippen LogP contribution in [0.15, 0.2) is 24.3 Å². The molecule has 0 aliphatic carbocycles. The van der Waals surface area contributed by atoms with Crippen molar-refractivity contribution >= 4 is 24.2 Å². The zero-order valence-electron chi connectivity index (χ0n) is 8.35. The molecule has 0 unspecified atom stereocenters. The lowest BCUT2D eigenvalue weighted by atomic mass is 10.2. The van der Waals surface area contributed by atoms with E-state index >= 15 is 0 Å². The average molecular weight is 223 g/mol. The van der Waals surface area contributed by atoms with Crippen molar-refractivity contribution in [3.8, 4) is 5.75 Å². The number of ether oxygens (including phenoxy) is 1. The topological polar surface area (TPSA) is 29.5 Å². The summed E-state index contributed by atoms with van der Waals surface area (Å²) in [5.41, 5.74) is 0.871. The highest BCUT2D eigenvalue weighted by Gasteiger charge is 2.24. The molecule has 0 bridgehead atoms. The predicted octanol–water partition coefficient (Wildman–Crippen LogP) is 1.73. The van der Waals surface area contributed by atoms with Gasteiger partial charge in [0.1, 0.15) is 5.75 Å². The van der Waals surface area contributed by atoms with Gasteiger partial charge in [-0.3, -0.25) is 4.79 Å². The molecule has 15 heavy (non-hydrogen) atoms. The molecule has 1 aromatic carbocycles. The molecular weight excluding hydrogens is 210 g/mol. The Hall–Kier alpha value is -1.16. The van der Waals surface area contributed by atoms with Gasteiger partial charge in [0.15, 0.2) is 6.61 Å². The van der Waals surface area contributed by atoms with E-state index < -0.39 is 0 Å². The Labute approximate surface area is 94.4 Å². The van der Waals surface area contributed by atoms with Gasteiger partial charge in [0.05, 0.1) is 5.69 Å². The van der Waals surface area contributed by atoms with Crippen molar-refractivity contribution in [3.05, 3.63) is 24.3 Å². The number of rotatable bonds is 3. The second-order valence-corrected chi connectivity index (χ2v) is 3.83. The summed E-state index contributed by atoms with van der Waals surface area (Å²) in [5.74, 6) is 1.60. The SMILES string of the molecule is O=C1COc2ccccc2N1CCCS. The number of hydrogen-bond donors (Lipinski definition) is 1. The molecule has 1 aliphatic rings. The molecule has 1 amide bonds. The number of carbonyl (C=O) groups is 1. The summed E-state index contributed by atoms with van der Waals surface area (Å²) >= 11 is 4.15. The number of para-hydroxylation sites is 2. The van der Waals surface area contributed by atoms with Gasteiger partial charge >= 0.3 is 0 Å². The maximum atomic E-state index is 11.6. The average Bonchev–Trinajstić information content (AvgIpc) is 2.28. The van der Waals surface area contributed by atoms with Gasteiger partial charge in [0, 0.05) is 6.54 Å². The third-order valence-corrected chi connectivity index (χ3v) is 2.66. The van der Waals surface area contributed by atoms with Crippen LogP contribution in [0.1, 0.15) is 6.42 Å². The highest BCUT2D eigenvalue weighted by Crippen LogP contribution is 2.31. The van der Waals surface area contributed by atoms with Crippen LogP contribution in [0.4, 0.5) is 5.69 Å². The number of fused-ring (bicyclic) bond motifs is 1. The molecule has 0 saturated heterocycles. The number of anilines is 1. The van der Waals surface area contributed by atoms with Crippen molar-refractivity contribution in [2.45, 2.75) is 6.42 Å². The first-order chi connectivity index (χ1) is 7.33. The van der Waals surface area contributed by atoms with Crippen LogP contribution in [0, 0.1) is 0 Å². The van der Waals surface area contributed by atoms with Crippen LogP contribution in [0.5, 0.6) is 5.75 Å². The van der Waals surface area contributed by atoms with Crippen LogP contribution in [0.25, 0.3) is 0 Å². The fraction of sp³-hybridized carbons (Fsp3) is 0.364. The summed E-state index contributed by atoms with van der Waals surface area (Å²) < 4.78 is 5.34. The molecule has 4 heteroatoms. The Morgan fingerprint density at radius 3 is 3.00 bits per heavy atom. The van der Waals surface area contributed by atoms with E-state index in [4.69, 9.17) is 4.74 Å². The fourth-order valence-electron chi connectivity index (χ4n) is 1.63. The van der Waals surface area contributed by atoms with Gasteiger partial charge in [-0.1, -0.05) is 12.1 Å². The first-order valence-electron chi connectivity index (χ1n) is 4.96. The molecule has 3 nitrogen and oxygen atoms in total. The number of carbonyl (C=O) groups excluding carboxylic acids is 1. The molecule has 0 aromatic heterocycles. The van der Waals surface area contributed by atoms with E-state index in [1.54, 1.807) is 4.90 Å². The molecule has 0 fully saturated rings. The lowest BCUT2D eigenvalue weighted by molar-refractivity contribution is -0.121. The second-order valence-electron chi connectivity index (χ2n) is 3.38. The van der Waals surface area contributed by atoms with Gasteiger partial charge in [0.2, 0.25) is 0 Å². The van der Waals surface area contributed by atoms with Crippen LogP contribution < -0.4 is 9.64 Å². The molecule has 1 aliphatic heterocycles. The number of thiol groups is 1. The molecule has 0 saturated carbocycles. The van der Waals surface area contributed by atoms with Gasteiger partial charge in [0.25, 0.3) is 5.91 Å². The monoisotopic (exact) mass is 223 g/mol. The van der Waals surface area contributed by atoms with E-state index in [2.05, 4.69) is 12.6 Å². The van der Waals surface area contributed by atoms with Crippen molar-refractivity contribution in [1.82, 2.24) is 0 Å². The lowest BCUT2D eigenvalue weighted by Crippen LogP contribution is -2.39. The summed E-state index contributed by atoms with van der Waals surface area (Å²) in [7, 11) is 0. The molecule has 1 aromatic rings. The minimum absolute atomic E-state index is 0.0236. The predicted molar refractivity (Wildman–Crippen MR) is 62.8 cm³/mol. The van der Waals surface area contributed by atoms with Gasteiger partial charge in [-0.05, 0) is 24.3 Å². The smallest absolute Gasteiger partial charge is 0.265 e. The number of nitrogens with zero attached hydrogens (tertiary/aromatic N) is 1. The van der Waals surface area contributed by atoms with Crippen LogP contribution in [0.3, 0.4) is 0 Å². The zero-order valence-corrected chi connectivity index (χ0v) is 9.24. The molecule has 0 N–H and O–H groups in total. The highest BCUT2D eigenvalue weighted by atomic mass is 32.1. The third kappa shape index (κ3) is 2.09. The zero-order chi connectivity index (χ0) is 10.7. The van der Waals surface area contributed by atoms with Crippen molar-refractivity contribution in [3.63, 3.8) is 0 Å². The van der Waals surface area contributed by atoms with E-state index in [1.807, 2.05) is 24.3 Å². The molecule has 1 heterocycles. The quantitative estimate of drug-likeness (QED) is 0.791. The Morgan fingerprint density at radius 2 is 2.20 bits per heavy atom. The van der Waals surface area contributed by atoms with Crippen molar-refractivity contribution < 1.29 is 9.53 Å². The van der Waals surface area contributed by atoms with E-state index in [0.717, 1.165) is 23.6 Å². The molecule has 0 spiro atoms. The van der Waals surface area contributed by atoms with E-state index in [9.17, 15) is 4.79 Å². The Bertz CT molecular complexity index is 367. The molecule has 2 rings (SSSR count). The second kappa shape index (κ2) is 4.57. The van der Waals surface area contributed by atoms with E-state index in [-0.39, 0.29) is 12.5 Å². The minimum atomic E-state index is 0.0236. The molecule has 0 radical (unpaired) electrons. The Morgan fingerprint density at radius 1 is 1.40 bits per heavy atom.